The van der Waals surface area contributed by atoms with E-state index in [4.69, 9.17) is 14.2 Å². The van der Waals surface area contributed by atoms with Crippen molar-refractivity contribution >= 4 is 5.97 Å². The molecule has 2 aliphatic heterocycles. The molecule has 0 amide bonds. The normalized spacial score (nSPS) is 24.4. The molecule has 202 valence electrons. The predicted octanol–water partition coefficient (Wildman–Crippen LogP) is 4.68. The van der Waals surface area contributed by atoms with Crippen LogP contribution in [0.4, 0.5) is 0 Å². The molecular weight excluding hydrogens is 436 g/mol. The van der Waals surface area contributed by atoms with Crippen LogP contribution in [0, 0.1) is 0 Å². The monoisotopic (exact) mass is 488 g/mol. The van der Waals surface area contributed by atoms with Crippen molar-refractivity contribution < 1.29 is 34.3 Å². The third kappa shape index (κ3) is 16.0. The van der Waals surface area contributed by atoms with E-state index in [9.17, 15) is 20.1 Å². The summed E-state index contributed by atoms with van der Waals surface area (Å²) >= 11 is 0. The molecule has 5 atom stereocenters. The summed E-state index contributed by atoms with van der Waals surface area (Å²) in [5, 5.41) is 28.7. The van der Waals surface area contributed by atoms with Crippen LogP contribution in [-0.4, -0.2) is 71.6 Å². The molecule has 7 nitrogen and oxygen atoms in total. The lowest BCUT2D eigenvalue weighted by Crippen LogP contribution is -2.43. The van der Waals surface area contributed by atoms with E-state index in [-0.39, 0.29) is 12.6 Å². The second kappa shape index (κ2) is 20.5. The van der Waals surface area contributed by atoms with Crippen LogP contribution in [0.2, 0.25) is 0 Å². The molecule has 0 radical (unpaired) electrons. The maximum atomic E-state index is 12.0. The van der Waals surface area contributed by atoms with E-state index in [1.54, 1.807) is 0 Å². The maximum Gasteiger partial charge on any atom is 0.306 e. The topological polar surface area (TPSA) is 109 Å². The van der Waals surface area contributed by atoms with Crippen molar-refractivity contribution in [3.8, 4) is 0 Å². The van der Waals surface area contributed by atoms with E-state index in [0.717, 1.165) is 25.9 Å². The Bertz CT molecular complexity index is 484. The van der Waals surface area contributed by atoms with E-state index in [2.05, 4.69) is 13.8 Å². The summed E-state index contributed by atoms with van der Waals surface area (Å²) in [6, 6.07) is 0. The van der Waals surface area contributed by atoms with Crippen molar-refractivity contribution in [2.45, 2.75) is 147 Å². The Labute approximate surface area is 207 Å². The molecule has 1 unspecified atom stereocenters. The summed E-state index contributed by atoms with van der Waals surface area (Å²) in [4.78, 5) is 12.0. The lowest BCUT2D eigenvalue weighted by Gasteiger charge is -2.24. The van der Waals surface area contributed by atoms with E-state index < -0.39 is 31.0 Å². The van der Waals surface area contributed by atoms with Crippen LogP contribution in [0.5, 0.6) is 0 Å². The van der Waals surface area contributed by atoms with Crippen LogP contribution in [0.25, 0.3) is 0 Å². The van der Waals surface area contributed by atoms with Gasteiger partial charge in [0.05, 0.1) is 25.9 Å². The highest BCUT2D eigenvalue weighted by molar-refractivity contribution is 5.69. The molecule has 0 aromatic carbocycles. The standard InChI is InChI=1S/C24H46O6.C3H6O/c1-2-3-4-5-6-7-8-9-10-11-12-13-14-15-16-17-22(27)30-21(18-25)24-23(28)20(26)19-29-24;1-3-2-4-3/h20-21,23-26,28H,2-19H2,1H3;3H,2H2,1H3/t20-,21+,23+,24+;/m0./s1. The Kier molecular flexibility index (Phi) is 18.8. The molecule has 2 fully saturated rings. The second-order valence-electron chi connectivity index (χ2n) is 9.91. The van der Waals surface area contributed by atoms with E-state index in [1.165, 1.54) is 77.0 Å². The van der Waals surface area contributed by atoms with Gasteiger partial charge in [0.25, 0.3) is 0 Å². The summed E-state index contributed by atoms with van der Waals surface area (Å²) < 4.78 is 15.2. The van der Waals surface area contributed by atoms with Crippen LogP contribution >= 0.6 is 0 Å². The molecule has 0 saturated carbocycles. The van der Waals surface area contributed by atoms with Gasteiger partial charge in [-0.25, -0.2) is 0 Å². The van der Waals surface area contributed by atoms with Gasteiger partial charge in [0.2, 0.25) is 0 Å². The van der Waals surface area contributed by atoms with Gasteiger partial charge in [0, 0.05) is 6.42 Å². The molecule has 2 aliphatic rings. The third-order valence-corrected chi connectivity index (χ3v) is 6.50. The number of epoxide rings is 1. The number of aliphatic hydroxyl groups is 3. The largest absolute Gasteiger partial charge is 0.457 e. The first-order chi connectivity index (χ1) is 16.5. The fourth-order valence-electron chi connectivity index (χ4n) is 4.13. The van der Waals surface area contributed by atoms with E-state index in [0.29, 0.717) is 12.5 Å². The molecule has 0 spiro atoms. The first-order valence-electron chi connectivity index (χ1n) is 13.9. The minimum atomic E-state index is -1.14. The van der Waals surface area contributed by atoms with Gasteiger partial charge in [-0.1, -0.05) is 96.8 Å². The van der Waals surface area contributed by atoms with Gasteiger partial charge in [0.15, 0.2) is 6.10 Å². The van der Waals surface area contributed by atoms with Crippen LogP contribution in [-0.2, 0) is 19.0 Å². The first-order valence-corrected chi connectivity index (χ1v) is 13.9. The Morgan fingerprint density at radius 2 is 1.26 bits per heavy atom. The molecule has 0 aromatic heterocycles. The van der Waals surface area contributed by atoms with Crippen LogP contribution in [0.3, 0.4) is 0 Å². The summed E-state index contributed by atoms with van der Waals surface area (Å²) in [6.07, 6.45) is 16.0. The summed E-state index contributed by atoms with van der Waals surface area (Å²) in [5.74, 6) is -0.388. The Morgan fingerprint density at radius 3 is 1.62 bits per heavy atom. The van der Waals surface area contributed by atoms with Crippen LogP contribution in [0.15, 0.2) is 0 Å². The highest BCUT2D eigenvalue weighted by Crippen LogP contribution is 2.20. The summed E-state index contributed by atoms with van der Waals surface area (Å²) in [7, 11) is 0. The van der Waals surface area contributed by atoms with Crippen molar-refractivity contribution in [2.75, 3.05) is 19.8 Å². The molecule has 2 saturated heterocycles. The molecule has 34 heavy (non-hydrogen) atoms. The SMILES string of the molecule is CC1CO1.CCCCCCCCCCCCCCCCCC(=O)O[C@H](CO)[C@H]1OC[C@H](O)[C@H]1O. The van der Waals surface area contributed by atoms with Crippen LogP contribution in [0.1, 0.15) is 117 Å². The lowest BCUT2D eigenvalue weighted by molar-refractivity contribution is -0.162. The smallest absolute Gasteiger partial charge is 0.306 e. The van der Waals surface area contributed by atoms with Crippen molar-refractivity contribution in [3.05, 3.63) is 0 Å². The number of rotatable bonds is 19. The molecule has 0 aliphatic carbocycles. The van der Waals surface area contributed by atoms with Gasteiger partial charge < -0.3 is 29.5 Å². The number of carbonyl (C=O) groups excluding carboxylic acids is 1. The number of esters is 1. The zero-order chi connectivity index (χ0) is 25.0. The average Bonchev–Trinajstić information content (AvgIpc) is 3.55. The van der Waals surface area contributed by atoms with Crippen molar-refractivity contribution in [2.24, 2.45) is 0 Å². The fourth-order valence-corrected chi connectivity index (χ4v) is 4.13. The number of aliphatic hydroxyl groups excluding tert-OH is 3. The molecule has 3 N–H and O–H groups in total. The first kappa shape index (κ1) is 31.3. The number of hydrogen-bond donors (Lipinski definition) is 3. The fraction of sp³-hybridized carbons (Fsp3) is 0.963. The molecule has 2 heterocycles. The summed E-state index contributed by atoms with van der Waals surface area (Å²) in [5.41, 5.74) is 0. The molecule has 0 bridgehead atoms. The van der Waals surface area contributed by atoms with Crippen molar-refractivity contribution in [3.63, 3.8) is 0 Å². The minimum Gasteiger partial charge on any atom is -0.457 e. The molecular formula is C27H52O7. The maximum absolute atomic E-state index is 12.0. The highest BCUT2D eigenvalue weighted by atomic mass is 16.6. The quantitative estimate of drug-likeness (QED) is 0.138. The molecule has 7 heteroatoms. The van der Waals surface area contributed by atoms with Gasteiger partial charge in [-0.2, -0.15) is 0 Å². The van der Waals surface area contributed by atoms with Gasteiger partial charge >= 0.3 is 5.97 Å². The molecule has 0 aromatic rings. The Balaban J connectivity index is 0.00000130. The summed E-state index contributed by atoms with van der Waals surface area (Å²) in [6.45, 7) is 4.85. The highest BCUT2D eigenvalue weighted by Gasteiger charge is 2.41. The molecule has 2 rings (SSSR count). The van der Waals surface area contributed by atoms with Crippen LogP contribution < -0.4 is 0 Å². The second-order valence-corrected chi connectivity index (χ2v) is 9.91. The van der Waals surface area contributed by atoms with Crippen molar-refractivity contribution in [1.82, 2.24) is 0 Å². The number of unbranched alkanes of at least 4 members (excludes halogenated alkanes) is 14. The lowest BCUT2D eigenvalue weighted by atomic mass is 10.0. The zero-order valence-corrected chi connectivity index (χ0v) is 21.8. The average molecular weight is 489 g/mol. The number of carbonyl (C=O) groups is 1. The number of hydrogen-bond acceptors (Lipinski definition) is 7. The number of ether oxygens (including phenoxy) is 3. The Morgan fingerprint density at radius 1 is 0.824 bits per heavy atom. The van der Waals surface area contributed by atoms with Gasteiger partial charge in [-0.3, -0.25) is 4.79 Å². The van der Waals surface area contributed by atoms with Gasteiger partial charge in [-0.15, -0.1) is 0 Å². The zero-order valence-electron chi connectivity index (χ0n) is 21.8. The predicted molar refractivity (Wildman–Crippen MR) is 134 cm³/mol. The third-order valence-electron chi connectivity index (χ3n) is 6.50. The van der Waals surface area contributed by atoms with E-state index >= 15 is 0 Å². The van der Waals surface area contributed by atoms with Gasteiger partial charge in [-0.05, 0) is 13.3 Å². The Hall–Kier alpha value is -0.730. The van der Waals surface area contributed by atoms with E-state index in [1.807, 2.05) is 0 Å². The van der Waals surface area contributed by atoms with Crippen molar-refractivity contribution in [1.29, 1.82) is 0 Å². The van der Waals surface area contributed by atoms with Gasteiger partial charge in [0.1, 0.15) is 18.3 Å². The minimum absolute atomic E-state index is 0.0149.